The molecule has 2 fully saturated rings. The number of carbonyl (C=O) groups excluding carboxylic acids is 1. The Labute approximate surface area is 183 Å². The average Bonchev–Trinajstić information content (AvgIpc) is 3.29. The first kappa shape index (κ1) is 19.8. The predicted octanol–water partition coefficient (Wildman–Crippen LogP) is 4.86. The van der Waals surface area contributed by atoms with Gasteiger partial charge in [0.2, 0.25) is 5.91 Å². The van der Waals surface area contributed by atoms with Crippen molar-refractivity contribution < 1.29 is 4.79 Å². The molecule has 5 rings (SSSR count). The molecule has 0 bridgehead atoms. The topological polar surface area (TPSA) is 64.0 Å². The smallest absolute Gasteiger partial charge is 0.267 e. The molecule has 2 heterocycles. The molecule has 1 aromatic carbocycles. The Hall–Kier alpha value is -2.12. The number of thiophene rings is 1. The summed E-state index contributed by atoms with van der Waals surface area (Å²) >= 11 is 2.90. The largest absolute Gasteiger partial charge is 0.352 e. The Morgan fingerprint density at radius 3 is 2.63 bits per heavy atom. The van der Waals surface area contributed by atoms with Crippen molar-refractivity contribution in [2.24, 2.45) is 0 Å². The summed E-state index contributed by atoms with van der Waals surface area (Å²) in [4.78, 5) is 32.0. The summed E-state index contributed by atoms with van der Waals surface area (Å²) in [5.41, 5.74) is 1.90. The van der Waals surface area contributed by atoms with Gasteiger partial charge in [-0.25, -0.2) is 4.98 Å². The third-order valence-electron chi connectivity index (χ3n) is 5.99. The molecule has 0 aliphatic heterocycles. The summed E-state index contributed by atoms with van der Waals surface area (Å²) in [5.74, 6) is 0.512. The monoisotopic (exact) mass is 439 g/mol. The van der Waals surface area contributed by atoms with Gasteiger partial charge in [-0.1, -0.05) is 42.8 Å². The van der Waals surface area contributed by atoms with Gasteiger partial charge in [0.25, 0.3) is 5.56 Å². The molecule has 0 spiro atoms. The fourth-order valence-electron chi connectivity index (χ4n) is 4.17. The molecule has 5 nitrogen and oxygen atoms in total. The van der Waals surface area contributed by atoms with E-state index in [1.807, 2.05) is 37.3 Å². The standard InChI is InChI=1S/C23H25N3O2S2/c1-14(20(27)24-16-7-5-6-8-16)30-23-25-21-19(18(13-29-21)15-11-12-15)22(28)26(23)17-9-3-2-4-10-17/h2-4,9-10,13-16H,5-8,11-12H2,1H3,(H,24,27). The van der Waals surface area contributed by atoms with Crippen LogP contribution in [0.25, 0.3) is 15.9 Å². The molecule has 30 heavy (non-hydrogen) atoms. The number of aromatic nitrogens is 2. The lowest BCUT2D eigenvalue weighted by Gasteiger charge is -2.18. The van der Waals surface area contributed by atoms with Crippen molar-refractivity contribution in [3.8, 4) is 5.69 Å². The van der Waals surface area contributed by atoms with Crippen LogP contribution in [-0.2, 0) is 4.79 Å². The van der Waals surface area contributed by atoms with E-state index in [9.17, 15) is 9.59 Å². The Morgan fingerprint density at radius 2 is 1.93 bits per heavy atom. The van der Waals surface area contributed by atoms with Crippen LogP contribution in [-0.4, -0.2) is 26.8 Å². The maximum Gasteiger partial charge on any atom is 0.267 e. The number of fused-ring (bicyclic) bond motifs is 1. The second kappa shape index (κ2) is 8.19. The Balaban J connectivity index is 1.53. The number of rotatable bonds is 6. The van der Waals surface area contributed by atoms with Gasteiger partial charge < -0.3 is 5.32 Å². The number of nitrogens with one attached hydrogen (secondary N) is 1. The highest BCUT2D eigenvalue weighted by molar-refractivity contribution is 8.00. The molecule has 2 aliphatic rings. The van der Waals surface area contributed by atoms with E-state index >= 15 is 0 Å². The zero-order chi connectivity index (χ0) is 20.7. The molecule has 1 amide bonds. The van der Waals surface area contributed by atoms with Crippen LogP contribution >= 0.6 is 23.1 Å². The van der Waals surface area contributed by atoms with Crippen LogP contribution < -0.4 is 10.9 Å². The summed E-state index contributed by atoms with van der Waals surface area (Å²) in [5, 5.41) is 6.26. The van der Waals surface area contributed by atoms with Crippen molar-refractivity contribution in [3.05, 3.63) is 51.6 Å². The van der Waals surface area contributed by atoms with E-state index in [1.54, 1.807) is 4.57 Å². The molecule has 2 aliphatic carbocycles. The first-order chi connectivity index (χ1) is 14.6. The van der Waals surface area contributed by atoms with Crippen molar-refractivity contribution in [1.29, 1.82) is 0 Å². The molecular formula is C23H25N3O2S2. The third kappa shape index (κ3) is 3.81. The normalized spacial score (nSPS) is 18.0. The number of amides is 1. The highest BCUT2D eigenvalue weighted by atomic mass is 32.2. The number of para-hydroxylation sites is 1. The van der Waals surface area contributed by atoms with Gasteiger partial charge in [0.05, 0.1) is 16.3 Å². The number of hydrogen-bond donors (Lipinski definition) is 1. The van der Waals surface area contributed by atoms with Crippen molar-refractivity contribution in [2.45, 2.75) is 67.8 Å². The Bertz CT molecular complexity index is 1130. The number of hydrogen-bond acceptors (Lipinski definition) is 5. The molecule has 3 aromatic rings. The summed E-state index contributed by atoms with van der Waals surface area (Å²) in [7, 11) is 0. The van der Waals surface area contributed by atoms with Crippen molar-refractivity contribution in [1.82, 2.24) is 14.9 Å². The lowest BCUT2D eigenvalue weighted by Crippen LogP contribution is -2.38. The fraction of sp³-hybridized carbons (Fsp3) is 0.435. The van der Waals surface area contributed by atoms with Crippen LogP contribution in [0, 0.1) is 0 Å². The van der Waals surface area contributed by atoms with Crippen molar-refractivity contribution >= 4 is 39.2 Å². The molecule has 2 saturated carbocycles. The first-order valence-electron chi connectivity index (χ1n) is 10.7. The van der Waals surface area contributed by atoms with Crippen LogP contribution in [0.5, 0.6) is 0 Å². The van der Waals surface area contributed by atoms with Gasteiger partial charge in [-0.3, -0.25) is 14.2 Å². The summed E-state index contributed by atoms with van der Waals surface area (Å²) < 4.78 is 1.69. The lowest BCUT2D eigenvalue weighted by atomic mass is 10.1. The van der Waals surface area contributed by atoms with Crippen LogP contribution in [0.4, 0.5) is 0 Å². The van der Waals surface area contributed by atoms with Crippen LogP contribution in [0.2, 0.25) is 0 Å². The Kier molecular flexibility index (Phi) is 5.41. The second-order valence-corrected chi connectivity index (χ2v) is 10.4. The van der Waals surface area contributed by atoms with E-state index in [1.165, 1.54) is 35.9 Å². The van der Waals surface area contributed by atoms with E-state index in [0.29, 0.717) is 11.1 Å². The van der Waals surface area contributed by atoms with Gasteiger partial charge in [-0.05, 0) is 61.6 Å². The van der Waals surface area contributed by atoms with Crippen LogP contribution in [0.15, 0.2) is 45.7 Å². The van der Waals surface area contributed by atoms with E-state index in [2.05, 4.69) is 10.7 Å². The van der Waals surface area contributed by atoms with E-state index in [0.717, 1.165) is 47.2 Å². The second-order valence-electron chi connectivity index (χ2n) is 8.27. The van der Waals surface area contributed by atoms with Gasteiger partial charge >= 0.3 is 0 Å². The number of nitrogens with zero attached hydrogens (tertiary/aromatic N) is 2. The zero-order valence-electron chi connectivity index (χ0n) is 17.0. The molecular weight excluding hydrogens is 414 g/mol. The quantitative estimate of drug-likeness (QED) is 0.440. The van der Waals surface area contributed by atoms with Crippen LogP contribution in [0.1, 0.15) is 56.9 Å². The maximum absolute atomic E-state index is 13.6. The minimum Gasteiger partial charge on any atom is -0.352 e. The molecule has 156 valence electrons. The SMILES string of the molecule is CC(Sc1nc2scc(C3CC3)c2c(=O)n1-c1ccccc1)C(=O)NC1CCCC1. The molecule has 2 aromatic heterocycles. The van der Waals surface area contributed by atoms with Gasteiger partial charge in [0.15, 0.2) is 5.16 Å². The van der Waals surface area contributed by atoms with Gasteiger partial charge in [0.1, 0.15) is 4.83 Å². The third-order valence-corrected chi connectivity index (χ3v) is 7.93. The van der Waals surface area contributed by atoms with Crippen molar-refractivity contribution in [3.63, 3.8) is 0 Å². The fourth-order valence-corrected chi connectivity index (χ4v) is 6.17. The van der Waals surface area contributed by atoms with E-state index in [4.69, 9.17) is 4.98 Å². The maximum atomic E-state index is 13.6. The molecule has 1 atom stereocenters. The summed E-state index contributed by atoms with van der Waals surface area (Å²) in [6.07, 6.45) is 6.76. The highest BCUT2D eigenvalue weighted by Gasteiger charge is 2.30. The van der Waals surface area contributed by atoms with Gasteiger partial charge in [-0.15, -0.1) is 11.3 Å². The molecule has 0 radical (unpaired) electrons. The molecule has 1 N–H and O–H groups in total. The minimum absolute atomic E-state index is 0.0192. The summed E-state index contributed by atoms with van der Waals surface area (Å²) in [6, 6.07) is 9.91. The number of benzene rings is 1. The molecule has 7 heteroatoms. The minimum atomic E-state index is -0.326. The van der Waals surface area contributed by atoms with Gasteiger partial charge in [-0.2, -0.15) is 0 Å². The van der Waals surface area contributed by atoms with E-state index in [-0.39, 0.29) is 22.8 Å². The first-order valence-corrected chi connectivity index (χ1v) is 12.4. The lowest BCUT2D eigenvalue weighted by molar-refractivity contribution is -0.120. The predicted molar refractivity (Wildman–Crippen MR) is 123 cm³/mol. The van der Waals surface area contributed by atoms with E-state index < -0.39 is 0 Å². The van der Waals surface area contributed by atoms with Crippen LogP contribution in [0.3, 0.4) is 0 Å². The number of thioether (sulfide) groups is 1. The highest BCUT2D eigenvalue weighted by Crippen LogP contribution is 2.44. The van der Waals surface area contributed by atoms with Crippen molar-refractivity contribution in [2.75, 3.05) is 0 Å². The molecule has 1 unspecified atom stereocenters. The summed E-state index contributed by atoms with van der Waals surface area (Å²) in [6.45, 7) is 1.89. The average molecular weight is 440 g/mol. The molecule has 0 saturated heterocycles. The Morgan fingerprint density at radius 1 is 1.20 bits per heavy atom. The zero-order valence-corrected chi connectivity index (χ0v) is 18.6. The number of carbonyl (C=O) groups is 1. The van der Waals surface area contributed by atoms with Gasteiger partial charge in [0, 0.05) is 6.04 Å².